The number of azide groups is 2. The molecule has 0 saturated carbocycles. The van der Waals surface area contributed by atoms with Crippen LogP contribution in [0.5, 0.6) is 0 Å². The van der Waals surface area contributed by atoms with Gasteiger partial charge in [0.1, 0.15) is 13.1 Å². The molecule has 0 aromatic carbocycles. The van der Waals surface area contributed by atoms with Crippen LogP contribution in [0.25, 0.3) is 20.9 Å². The van der Waals surface area contributed by atoms with E-state index in [1.54, 1.807) is 0 Å². The first-order valence-corrected chi connectivity index (χ1v) is 3.71. The summed E-state index contributed by atoms with van der Waals surface area (Å²) in [6.45, 7) is -0.842. The van der Waals surface area contributed by atoms with Crippen molar-refractivity contribution < 1.29 is 4.92 Å². The zero-order valence-corrected chi connectivity index (χ0v) is 7.83. The van der Waals surface area contributed by atoms with Gasteiger partial charge in [-0.05, 0) is 11.1 Å². The van der Waals surface area contributed by atoms with Crippen molar-refractivity contribution in [2.45, 2.75) is 4.45 Å². The lowest BCUT2D eigenvalue weighted by Gasteiger charge is -2.12. The molecule has 0 aliphatic rings. The standard InChI is InChI=1S/C3H4BrN7O2/c4-3(11(12)13,1-7-9-5)2-8-10-6/h1-2H2. The number of nitro groups is 1. The lowest BCUT2D eigenvalue weighted by Crippen LogP contribution is -2.37. The first-order chi connectivity index (χ1) is 6.06. The van der Waals surface area contributed by atoms with Crippen molar-refractivity contribution in [2.24, 2.45) is 10.2 Å². The third kappa shape index (κ3) is 3.61. The molecule has 0 heterocycles. The van der Waals surface area contributed by atoms with E-state index in [-0.39, 0.29) is 0 Å². The van der Waals surface area contributed by atoms with Gasteiger partial charge in [-0.25, -0.2) is 0 Å². The van der Waals surface area contributed by atoms with Gasteiger partial charge in [0, 0.05) is 30.7 Å². The van der Waals surface area contributed by atoms with Gasteiger partial charge in [-0.15, -0.1) is 0 Å². The minimum atomic E-state index is -1.70. The van der Waals surface area contributed by atoms with Gasteiger partial charge in [-0.3, -0.25) is 10.1 Å². The van der Waals surface area contributed by atoms with Crippen molar-refractivity contribution in [1.29, 1.82) is 0 Å². The lowest BCUT2D eigenvalue weighted by atomic mass is 10.3. The highest BCUT2D eigenvalue weighted by molar-refractivity contribution is 9.10. The molecule has 0 radical (unpaired) electrons. The highest BCUT2D eigenvalue weighted by atomic mass is 79.9. The summed E-state index contributed by atoms with van der Waals surface area (Å²) in [6, 6.07) is 0. The van der Waals surface area contributed by atoms with Gasteiger partial charge < -0.3 is 0 Å². The van der Waals surface area contributed by atoms with Crippen LogP contribution in [0.2, 0.25) is 0 Å². The second kappa shape index (κ2) is 5.20. The monoisotopic (exact) mass is 249 g/mol. The molecule has 0 aliphatic carbocycles. The first kappa shape index (κ1) is 11.5. The Kier molecular flexibility index (Phi) is 4.60. The Hall–Kier alpha value is -1.50. The zero-order valence-electron chi connectivity index (χ0n) is 6.24. The largest absolute Gasteiger partial charge is 0.286 e. The molecule has 13 heavy (non-hydrogen) atoms. The van der Waals surface area contributed by atoms with Crippen LogP contribution >= 0.6 is 15.9 Å². The van der Waals surface area contributed by atoms with Crippen LogP contribution in [0.1, 0.15) is 0 Å². The van der Waals surface area contributed by atoms with E-state index in [0.717, 1.165) is 0 Å². The summed E-state index contributed by atoms with van der Waals surface area (Å²) in [7, 11) is 0. The average molecular weight is 250 g/mol. The summed E-state index contributed by atoms with van der Waals surface area (Å²) in [5.41, 5.74) is 15.9. The summed E-state index contributed by atoms with van der Waals surface area (Å²) >= 11 is 2.72. The molecule has 0 saturated heterocycles. The van der Waals surface area contributed by atoms with Crippen LogP contribution in [-0.2, 0) is 0 Å². The molecule has 9 nitrogen and oxygen atoms in total. The van der Waals surface area contributed by atoms with Crippen molar-refractivity contribution in [2.75, 3.05) is 13.1 Å². The Bertz CT molecular complexity index is 270. The van der Waals surface area contributed by atoms with Gasteiger partial charge in [-0.1, -0.05) is 10.2 Å². The molecule has 0 aromatic heterocycles. The summed E-state index contributed by atoms with van der Waals surface area (Å²) in [4.78, 5) is 14.4. The molecule has 70 valence electrons. The summed E-state index contributed by atoms with van der Waals surface area (Å²) in [5, 5.41) is 16.5. The second-order valence-electron chi connectivity index (χ2n) is 1.95. The molecule has 0 spiro atoms. The van der Waals surface area contributed by atoms with Gasteiger partial charge in [0.05, 0.1) is 0 Å². The highest BCUT2D eigenvalue weighted by Gasteiger charge is 2.38. The van der Waals surface area contributed by atoms with Crippen molar-refractivity contribution in [3.63, 3.8) is 0 Å². The zero-order chi connectivity index (χ0) is 10.3. The van der Waals surface area contributed by atoms with Crippen LogP contribution in [0.4, 0.5) is 0 Å². The van der Waals surface area contributed by atoms with Crippen LogP contribution in [0, 0.1) is 10.1 Å². The molecule has 0 amide bonds. The molecular weight excluding hydrogens is 246 g/mol. The Balaban J connectivity index is 4.60. The van der Waals surface area contributed by atoms with E-state index < -0.39 is 22.5 Å². The van der Waals surface area contributed by atoms with Gasteiger partial charge in [-0.2, -0.15) is 0 Å². The quantitative estimate of drug-likeness (QED) is 0.140. The van der Waals surface area contributed by atoms with E-state index in [4.69, 9.17) is 11.1 Å². The predicted octanol–water partition coefficient (Wildman–Crippen LogP) is 1.97. The lowest BCUT2D eigenvalue weighted by molar-refractivity contribution is -0.529. The number of hydrogen-bond acceptors (Lipinski definition) is 4. The fraction of sp³-hybridized carbons (Fsp3) is 1.00. The minimum absolute atomic E-state index is 0.421. The summed E-state index contributed by atoms with van der Waals surface area (Å²) < 4.78 is -1.70. The SMILES string of the molecule is [N-]=[N+]=NCC(Br)(CN=[N+]=[N-])[N+](=O)[O-]. The molecule has 0 bridgehead atoms. The van der Waals surface area contributed by atoms with Crippen molar-refractivity contribution in [3.8, 4) is 0 Å². The Morgan fingerprint density at radius 1 is 1.38 bits per heavy atom. The molecule has 0 unspecified atom stereocenters. The average Bonchev–Trinajstić information content (AvgIpc) is 2.11. The number of nitrogens with zero attached hydrogens (tertiary/aromatic N) is 7. The molecule has 0 aliphatic heterocycles. The van der Waals surface area contributed by atoms with E-state index in [9.17, 15) is 10.1 Å². The normalized spacial score (nSPS) is 13.3. The topological polar surface area (TPSA) is 141 Å². The van der Waals surface area contributed by atoms with Crippen molar-refractivity contribution >= 4 is 15.9 Å². The minimum Gasteiger partial charge on any atom is -0.263 e. The predicted molar refractivity (Wildman–Crippen MR) is 46.7 cm³/mol. The number of halogens is 1. The first-order valence-electron chi connectivity index (χ1n) is 2.92. The maximum atomic E-state index is 10.4. The second-order valence-corrected chi connectivity index (χ2v) is 3.43. The van der Waals surface area contributed by atoms with E-state index in [1.807, 2.05) is 0 Å². The fourth-order valence-electron chi connectivity index (χ4n) is 0.445. The Labute approximate surface area is 80.3 Å². The van der Waals surface area contributed by atoms with Gasteiger partial charge in [0.25, 0.3) is 4.45 Å². The van der Waals surface area contributed by atoms with Crippen LogP contribution in [-0.4, -0.2) is 22.5 Å². The van der Waals surface area contributed by atoms with Crippen molar-refractivity contribution in [1.82, 2.24) is 0 Å². The number of alkyl halides is 1. The van der Waals surface area contributed by atoms with E-state index in [0.29, 0.717) is 0 Å². The van der Waals surface area contributed by atoms with Gasteiger partial charge in [0.2, 0.25) is 0 Å². The smallest absolute Gasteiger partial charge is 0.263 e. The van der Waals surface area contributed by atoms with Crippen LogP contribution in [0.15, 0.2) is 10.2 Å². The van der Waals surface area contributed by atoms with E-state index in [1.165, 1.54) is 0 Å². The Morgan fingerprint density at radius 3 is 2.00 bits per heavy atom. The number of hydrogen-bond donors (Lipinski definition) is 0. The maximum Gasteiger partial charge on any atom is 0.286 e. The third-order valence-electron chi connectivity index (χ3n) is 1.08. The highest BCUT2D eigenvalue weighted by Crippen LogP contribution is 2.20. The van der Waals surface area contributed by atoms with Crippen LogP contribution < -0.4 is 0 Å². The molecule has 0 rings (SSSR count). The van der Waals surface area contributed by atoms with E-state index >= 15 is 0 Å². The summed E-state index contributed by atoms with van der Waals surface area (Å²) in [5.74, 6) is 0. The molecule has 10 heteroatoms. The number of rotatable bonds is 5. The molecule has 0 aromatic rings. The van der Waals surface area contributed by atoms with Gasteiger partial charge >= 0.3 is 0 Å². The Morgan fingerprint density at radius 2 is 1.77 bits per heavy atom. The van der Waals surface area contributed by atoms with Gasteiger partial charge in [0.15, 0.2) is 0 Å². The molecule has 0 N–H and O–H groups in total. The molecule has 0 fully saturated rings. The fourth-order valence-corrected chi connectivity index (χ4v) is 0.670. The van der Waals surface area contributed by atoms with E-state index in [2.05, 4.69) is 36.0 Å². The maximum absolute atomic E-state index is 10.4. The molecule has 0 atom stereocenters. The van der Waals surface area contributed by atoms with Crippen molar-refractivity contribution in [3.05, 3.63) is 31.0 Å². The summed E-state index contributed by atoms with van der Waals surface area (Å²) in [6.07, 6.45) is 0. The third-order valence-corrected chi connectivity index (χ3v) is 1.87. The molecular formula is C3H4BrN7O2. The van der Waals surface area contributed by atoms with Crippen LogP contribution in [0.3, 0.4) is 0 Å².